The number of nitrogens with one attached hydrogen (secondary N) is 1. The third kappa shape index (κ3) is 6.60. The van der Waals surface area contributed by atoms with E-state index in [9.17, 15) is 22.8 Å². The number of hydrogen-bond donors (Lipinski definition) is 1. The summed E-state index contributed by atoms with van der Waals surface area (Å²) in [5.41, 5.74) is 2.76. The van der Waals surface area contributed by atoms with Crippen LogP contribution >= 0.6 is 0 Å². The summed E-state index contributed by atoms with van der Waals surface area (Å²) in [6.45, 7) is 0.353. The van der Waals surface area contributed by atoms with E-state index in [1.165, 1.54) is 47.4 Å². The van der Waals surface area contributed by atoms with E-state index in [1.807, 2.05) is 0 Å². The molecule has 7 heteroatoms. The number of benzene rings is 4. The largest absolute Gasteiger partial charge is 0.352 e. The Hall–Kier alpha value is -4.39. The van der Waals surface area contributed by atoms with E-state index in [0.717, 1.165) is 17.2 Å². The zero-order valence-corrected chi connectivity index (χ0v) is 19.3. The highest BCUT2D eigenvalue weighted by atomic mass is 19.1. The Labute approximate surface area is 207 Å². The Balaban J connectivity index is 1.49. The monoisotopic (exact) mass is 488 g/mol. The summed E-state index contributed by atoms with van der Waals surface area (Å²) in [4.78, 5) is 27.0. The molecular formula is C29H23F3N2O2. The maximum Gasteiger partial charge on any atom is 0.258 e. The lowest BCUT2D eigenvalue weighted by Crippen LogP contribution is -2.30. The summed E-state index contributed by atoms with van der Waals surface area (Å²) in [5.74, 6) is -1.95. The van der Waals surface area contributed by atoms with Crippen molar-refractivity contribution in [2.45, 2.75) is 19.5 Å². The predicted molar refractivity (Wildman–Crippen MR) is 132 cm³/mol. The van der Waals surface area contributed by atoms with E-state index in [1.54, 1.807) is 48.5 Å². The Morgan fingerprint density at radius 2 is 1.31 bits per heavy atom. The fourth-order valence-corrected chi connectivity index (χ4v) is 3.72. The van der Waals surface area contributed by atoms with Crippen molar-refractivity contribution >= 4 is 17.5 Å². The summed E-state index contributed by atoms with van der Waals surface area (Å²) in [5, 5.41) is 2.79. The van der Waals surface area contributed by atoms with E-state index >= 15 is 0 Å². The minimum atomic E-state index is -0.534. The lowest BCUT2D eigenvalue weighted by molar-refractivity contribution is -0.120. The van der Waals surface area contributed by atoms with Crippen LogP contribution in [0.1, 0.15) is 27.0 Å². The molecule has 0 aliphatic rings. The van der Waals surface area contributed by atoms with E-state index in [0.29, 0.717) is 11.3 Å². The van der Waals surface area contributed by atoms with Crippen LogP contribution in [0.3, 0.4) is 0 Å². The molecule has 4 aromatic carbocycles. The van der Waals surface area contributed by atoms with E-state index in [2.05, 4.69) is 5.32 Å². The molecule has 182 valence electrons. The zero-order valence-electron chi connectivity index (χ0n) is 19.3. The molecule has 4 rings (SSSR count). The van der Waals surface area contributed by atoms with Crippen molar-refractivity contribution in [3.63, 3.8) is 0 Å². The fourth-order valence-electron chi connectivity index (χ4n) is 3.72. The SMILES string of the molecule is O=C(Cc1ccc(N(Cc2cccc(F)c2)C(=O)c2cccc(F)c2)cc1)NCc1ccc(F)cc1. The summed E-state index contributed by atoms with van der Waals surface area (Å²) < 4.78 is 40.5. The fraction of sp³-hybridized carbons (Fsp3) is 0.103. The average molecular weight is 489 g/mol. The second-order valence-corrected chi connectivity index (χ2v) is 8.28. The normalized spacial score (nSPS) is 10.6. The molecule has 0 aromatic heterocycles. The molecule has 4 aromatic rings. The molecule has 0 saturated carbocycles. The molecule has 0 atom stereocenters. The van der Waals surface area contributed by atoms with E-state index in [4.69, 9.17) is 0 Å². The van der Waals surface area contributed by atoms with Crippen molar-refractivity contribution in [1.82, 2.24) is 5.32 Å². The van der Waals surface area contributed by atoms with E-state index < -0.39 is 17.5 Å². The lowest BCUT2D eigenvalue weighted by Gasteiger charge is -2.23. The van der Waals surface area contributed by atoms with Gasteiger partial charge in [0.1, 0.15) is 17.5 Å². The summed E-state index contributed by atoms with van der Waals surface area (Å²) in [6, 6.07) is 24.0. The van der Waals surface area contributed by atoms with Crippen LogP contribution < -0.4 is 10.2 Å². The van der Waals surface area contributed by atoms with Gasteiger partial charge in [-0.3, -0.25) is 9.59 Å². The van der Waals surface area contributed by atoms with Gasteiger partial charge in [-0.25, -0.2) is 13.2 Å². The topological polar surface area (TPSA) is 49.4 Å². The Kier molecular flexibility index (Phi) is 7.80. The highest BCUT2D eigenvalue weighted by molar-refractivity contribution is 6.06. The first kappa shape index (κ1) is 24.7. The number of halogens is 3. The Bertz CT molecular complexity index is 1360. The first-order valence-electron chi connectivity index (χ1n) is 11.3. The number of rotatable bonds is 8. The Morgan fingerprint density at radius 1 is 0.667 bits per heavy atom. The molecular weight excluding hydrogens is 465 g/mol. The van der Waals surface area contributed by atoms with Gasteiger partial charge in [0, 0.05) is 17.8 Å². The molecule has 1 N–H and O–H groups in total. The predicted octanol–water partition coefficient (Wildman–Crippen LogP) is 5.81. The molecule has 0 saturated heterocycles. The van der Waals surface area contributed by atoms with Gasteiger partial charge in [0.05, 0.1) is 13.0 Å². The van der Waals surface area contributed by atoms with Gasteiger partial charge in [-0.15, -0.1) is 0 Å². The third-order valence-electron chi connectivity index (χ3n) is 5.56. The van der Waals surface area contributed by atoms with Gasteiger partial charge in [0.25, 0.3) is 5.91 Å². The highest BCUT2D eigenvalue weighted by Gasteiger charge is 2.19. The maximum absolute atomic E-state index is 13.8. The van der Waals surface area contributed by atoms with Crippen molar-refractivity contribution in [1.29, 1.82) is 0 Å². The van der Waals surface area contributed by atoms with Crippen LogP contribution in [-0.4, -0.2) is 11.8 Å². The first-order chi connectivity index (χ1) is 17.4. The van der Waals surface area contributed by atoms with Crippen LogP contribution in [0.5, 0.6) is 0 Å². The van der Waals surface area contributed by atoms with Gasteiger partial charge in [0.2, 0.25) is 5.91 Å². The average Bonchev–Trinajstić information content (AvgIpc) is 2.87. The molecule has 0 bridgehead atoms. The number of nitrogens with zero attached hydrogens (tertiary/aromatic N) is 1. The van der Waals surface area contributed by atoms with Crippen molar-refractivity contribution in [2.24, 2.45) is 0 Å². The molecule has 36 heavy (non-hydrogen) atoms. The molecule has 4 nitrogen and oxygen atoms in total. The van der Waals surface area contributed by atoms with Crippen LogP contribution in [0.15, 0.2) is 97.1 Å². The zero-order chi connectivity index (χ0) is 25.5. The van der Waals surface area contributed by atoms with E-state index in [-0.39, 0.29) is 36.8 Å². The van der Waals surface area contributed by atoms with Gasteiger partial charge in [-0.1, -0.05) is 42.5 Å². The summed E-state index contributed by atoms with van der Waals surface area (Å²) in [7, 11) is 0. The molecule has 0 fully saturated rings. The van der Waals surface area contributed by atoms with Crippen LogP contribution in [0.4, 0.5) is 18.9 Å². The molecule has 0 unspecified atom stereocenters. The number of carbonyl (C=O) groups excluding carboxylic acids is 2. The Morgan fingerprint density at radius 3 is 1.97 bits per heavy atom. The van der Waals surface area contributed by atoms with Crippen LogP contribution in [0.2, 0.25) is 0 Å². The number of anilines is 1. The minimum Gasteiger partial charge on any atom is -0.352 e. The molecule has 2 amide bonds. The van der Waals surface area contributed by atoms with Crippen molar-refractivity contribution in [2.75, 3.05) is 4.90 Å². The second-order valence-electron chi connectivity index (χ2n) is 8.28. The lowest BCUT2D eigenvalue weighted by atomic mass is 10.1. The molecule has 0 aliphatic heterocycles. The van der Waals surface area contributed by atoms with Crippen molar-refractivity contribution in [3.8, 4) is 0 Å². The van der Waals surface area contributed by atoms with Gasteiger partial charge < -0.3 is 10.2 Å². The first-order valence-corrected chi connectivity index (χ1v) is 11.3. The smallest absolute Gasteiger partial charge is 0.258 e. The molecule has 0 spiro atoms. The van der Waals surface area contributed by atoms with Gasteiger partial charge in [0.15, 0.2) is 0 Å². The quantitative estimate of drug-likeness (QED) is 0.340. The number of hydrogen-bond acceptors (Lipinski definition) is 2. The van der Waals surface area contributed by atoms with Crippen LogP contribution in [0, 0.1) is 17.5 Å². The third-order valence-corrected chi connectivity index (χ3v) is 5.56. The molecule has 0 radical (unpaired) electrons. The molecule has 0 aliphatic carbocycles. The van der Waals surface area contributed by atoms with Gasteiger partial charge in [-0.05, 0) is 71.3 Å². The maximum atomic E-state index is 13.8. The highest BCUT2D eigenvalue weighted by Crippen LogP contribution is 2.22. The summed E-state index contributed by atoms with van der Waals surface area (Å²) >= 11 is 0. The standard InChI is InChI=1S/C29H23F3N2O2/c30-24-11-7-21(8-12-24)18-33-28(35)16-20-9-13-27(14-10-20)34(19-22-3-1-5-25(31)15-22)29(36)23-4-2-6-26(32)17-23/h1-15,17H,16,18-19H2,(H,33,35). The van der Waals surface area contributed by atoms with Gasteiger partial charge in [-0.2, -0.15) is 0 Å². The number of amides is 2. The van der Waals surface area contributed by atoms with Crippen LogP contribution in [0.25, 0.3) is 0 Å². The van der Waals surface area contributed by atoms with Crippen molar-refractivity contribution < 1.29 is 22.8 Å². The summed E-state index contributed by atoms with van der Waals surface area (Å²) in [6.07, 6.45) is 0.114. The van der Waals surface area contributed by atoms with Crippen molar-refractivity contribution in [3.05, 3.63) is 137 Å². The van der Waals surface area contributed by atoms with Crippen LogP contribution in [-0.2, 0) is 24.3 Å². The molecule has 0 heterocycles. The number of carbonyl (C=O) groups is 2. The minimum absolute atomic E-state index is 0.0740. The van der Waals surface area contributed by atoms with Gasteiger partial charge >= 0.3 is 0 Å². The second kappa shape index (κ2) is 11.4.